The van der Waals surface area contributed by atoms with E-state index in [1.165, 1.54) is 21.9 Å². The van der Waals surface area contributed by atoms with Gasteiger partial charge in [0.05, 0.1) is 52.1 Å². The zero-order valence-corrected chi connectivity index (χ0v) is 73.4. The lowest BCUT2D eigenvalue weighted by Gasteiger charge is -2.32. The molecule has 9 aromatic rings. The number of hydrogen-bond acceptors (Lipinski definition) is 14. The van der Waals surface area contributed by atoms with Crippen molar-refractivity contribution in [2.45, 2.75) is 200 Å². The van der Waals surface area contributed by atoms with Gasteiger partial charge in [0.25, 0.3) is 0 Å². The molecule has 8 aliphatic heterocycles. The fraction of sp³-hybridized carbons (Fsp3) is 0.385. The lowest BCUT2D eigenvalue weighted by molar-refractivity contribution is 0.00578. The average Bonchev–Trinajstić information content (AvgIpc) is 1.85. The van der Waals surface area contributed by atoms with E-state index in [1.807, 2.05) is 148 Å². The third-order valence-electron chi connectivity index (χ3n) is 22.6. The number of aromatic nitrogens is 2. The summed E-state index contributed by atoms with van der Waals surface area (Å²) in [7, 11) is -0.380. The number of amides is 4. The van der Waals surface area contributed by atoms with Gasteiger partial charge in [0, 0.05) is 79.4 Å². The molecular formula is C91H107BBrN9O10S4. The summed E-state index contributed by atoms with van der Waals surface area (Å²) in [6.07, 6.45) is 12.5. The number of benzene rings is 8. The number of carbonyl (C=O) groups is 4. The van der Waals surface area contributed by atoms with Gasteiger partial charge in [-0.15, -0.1) is 0 Å². The van der Waals surface area contributed by atoms with Crippen molar-refractivity contribution in [2.24, 2.45) is 15.0 Å². The number of nitrogens with zero attached hydrogens (tertiary/aromatic N) is 8. The molecule has 9 heterocycles. The Morgan fingerprint density at radius 2 is 0.905 bits per heavy atom. The Morgan fingerprint density at radius 3 is 1.41 bits per heavy atom. The van der Waals surface area contributed by atoms with Gasteiger partial charge in [-0.05, 0) is 246 Å². The Morgan fingerprint density at radius 1 is 0.483 bits per heavy atom. The van der Waals surface area contributed by atoms with Crippen molar-refractivity contribution < 1.29 is 47.4 Å². The highest BCUT2D eigenvalue weighted by atomic mass is 79.9. The van der Waals surface area contributed by atoms with Gasteiger partial charge in [-0.25, -0.2) is 24.2 Å². The van der Waals surface area contributed by atoms with E-state index >= 15 is 0 Å². The van der Waals surface area contributed by atoms with E-state index in [9.17, 15) is 19.2 Å². The minimum Gasteiger partial charge on any atom is -0.445 e. The first kappa shape index (κ1) is 88.0. The SMILES string of the molecule is CC(C)(C)OC(=O)N1CCC[C@H]1C1=Nc2ccc(B3OC(C)(C)C(C)(C)O3)cc2C1.CC(C)(C)OC(=O)N1CCC[C@H]1c1nc2ccc(-c3ccc4cc(C5=CN=C([C@@H]6CCCN6C(=O)OCc6ccccc6)C5)ccc4c3)cc2[nH]1.O=C(OCc1ccccc1)N1CCC[C@H]1C1=NC=C(c2ccc3cc(Br)ccc3c2)C1.S.S.S.S. The quantitative estimate of drug-likeness (QED) is 0.0900. The smallest absolute Gasteiger partial charge is 0.445 e. The highest BCUT2D eigenvalue weighted by molar-refractivity contribution is 9.10. The molecule has 0 saturated carbocycles. The molecule has 610 valence electrons. The van der Waals surface area contributed by atoms with Gasteiger partial charge < -0.3 is 33.2 Å². The van der Waals surface area contributed by atoms with Crippen LogP contribution in [-0.4, -0.2) is 145 Å². The van der Waals surface area contributed by atoms with Gasteiger partial charge in [0.15, 0.2) is 0 Å². The highest BCUT2D eigenvalue weighted by Gasteiger charge is 2.52. The average molecular weight is 1710 g/mol. The normalized spacial score (nSPS) is 19.7. The van der Waals surface area contributed by atoms with Crippen LogP contribution in [0.3, 0.4) is 0 Å². The van der Waals surface area contributed by atoms with E-state index in [-0.39, 0.29) is 127 Å². The first-order valence-corrected chi connectivity index (χ1v) is 40.3. The maximum Gasteiger partial charge on any atom is 0.494 e. The van der Waals surface area contributed by atoms with Crippen LogP contribution in [0.1, 0.15) is 173 Å². The number of imidazole rings is 1. The minimum absolute atomic E-state index is 0. The summed E-state index contributed by atoms with van der Waals surface area (Å²) >= 11 is 3.53. The van der Waals surface area contributed by atoms with Gasteiger partial charge in [0.2, 0.25) is 0 Å². The van der Waals surface area contributed by atoms with E-state index in [1.54, 1.807) is 4.90 Å². The van der Waals surface area contributed by atoms with Crippen molar-refractivity contribution in [3.63, 3.8) is 0 Å². The maximum absolute atomic E-state index is 13.0. The van der Waals surface area contributed by atoms with E-state index < -0.39 is 11.2 Å². The summed E-state index contributed by atoms with van der Waals surface area (Å²) in [6.45, 7) is 23.0. The van der Waals surface area contributed by atoms with Gasteiger partial charge in [-0.2, -0.15) is 54.0 Å². The second-order valence-corrected chi connectivity index (χ2v) is 34.4. The Labute approximate surface area is 717 Å². The summed E-state index contributed by atoms with van der Waals surface area (Å²) in [5.41, 5.74) is 15.2. The number of halogens is 1. The fourth-order valence-electron chi connectivity index (χ4n) is 16.1. The molecule has 0 radical (unpaired) electrons. The van der Waals surface area contributed by atoms with Crippen molar-refractivity contribution in [3.05, 3.63) is 220 Å². The number of fused-ring (bicyclic) bond motifs is 4. The first-order valence-electron chi connectivity index (χ1n) is 39.5. The molecule has 4 amide bonds. The lowest BCUT2D eigenvalue weighted by atomic mass is 9.78. The third kappa shape index (κ3) is 20.1. The summed E-state index contributed by atoms with van der Waals surface area (Å²) in [5.74, 6) is 0.800. The number of aliphatic imine (C=N–C) groups is 3. The molecular weight excluding hydrogens is 1600 g/mol. The Balaban J connectivity index is 0.000000177. The van der Waals surface area contributed by atoms with Crippen molar-refractivity contribution >= 4 is 173 Å². The largest absolute Gasteiger partial charge is 0.494 e. The molecule has 0 unspecified atom stereocenters. The van der Waals surface area contributed by atoms with E-state index in [0.717, 1.165) is 177 Å². The zero-order chi connectivity index (χ0) is 78.2. The van der Waals surface area contributed by atoms with Crippen LogP contribution in [0.5, 0.6) is 0 Å². The van der Waals surface area contributed by atoms with Gasteiger partial charge in [-0.3, -0.25) is 34.6 Å². The monoisotopic (exact) mass is 1700 g/mol. The van der Waals surface area contributed by atoms with Gasteiger partial charge in [0.1, 0.15) is 30.2 Å². The number of hydrogen-bond donors (Lipinski definition) is 1. The second kappa shape index (κ2) is 37.0. The summed E-state index contributed by atoms with van der Waals surface area (Å²) < 4.78 is 36.0. The fourth-order valence-corrected chi connectivity index (χ4v) is 16.5. The molecule has 8 aliphatic rings. The number of H-pyrrole nitrogens is 1. The molecule has 8 aromatic carbocycles. The number of allylic oxidation sites excluding steroid dienone is 2. The summed E-state index contributed by atoms with van der Waals surface area (Å²) in [6, 6.07) is 57.9. The van der Waals surface area contributed by atoms with Crippen molar-refractivity contribution in [2.75, 3.05) is 26.2 Å². The predicted molar refractivity (Wildman–Crippen MR) is 489 cm³/mol. The van der Waals surface area contributed by atoms with Crippen LogP contribution in [0.4, 0.5) is 24.9 Å². The number of rotatable bonds is 12. The van der Waals surface area contributed by atoms with Crippen LogP contribution in [-0.2, 0) is 47.9 Å². The molecule has 0 bridgehead atoms. The number of nitrogens with one attached hydrogen (secondary N) is 1. The van der Waals surface area contributed by atoms with Gasteiger partial charge in [-0.1, -0.05) is 137 Å². The molecule has 5 saturated heterocycles. The number of likely N-dealkylation sites (tertiary alicyclic amines) is 4. The van der Waals surface area contributed by atoms with Crippen molar-refractivity contribution in [1.29, 1.82) is 0 Å². The Hall–Kier alpha value is -8.82. The van der Waals surface area contributed by atoms with Gasteiger partial charge >= 0.3 is 31.5 Å². The highest BCUT2D eigenvalue weighted by Crippen LogP contribution is 2.41. The molecule has 25 heteroatoms. The standard InChI is InChI=1S/C42H43N5O4.C26H23BrN2O2.C23H33BN2O4.4H2S/c1-42(2,3)51-41(49)47-20-8-12-38(47)39-44-34-18-17-32(23-35(34)45-39)30-14-13-29-22-31(16-15-28(29)21-30)33-24-36(43-25-33)37-11-7-19-46(37)40(48)50-26-27-9-5-4-6-10-27;27-23-11-10-19-13-20(8-9-21(19)14-23)22-15-24(28-16-22)25-7-4-12-29(25)26(30)31-17-18-5-2-1-3-6-18;1-21(2,3)28-20(27)26-12-8-9-19(26)18-14-15-13-16(10-11-17(15)25-18)24-29-22(4,5)23(6,7)30-24;;;;/h4-6,9-10,13-18,21-23,25,37-38H,7-8,11-12,19-20,24,26H2,1-3H3,(H,44,45);1-3,5-6,8-11,13-14,16,25H,4,7,12,15,17H2;10-11,13,19H,8-9,12,14H2,1-7H3;4*1H2/t37-,38-;25-;19-;;;;/m000..../s1. The Kier molecular flexibility index (Phi) is 28.1. The zero-order valence-electron chi connectivity index (χ0n) is 67.8. The number of ether oxygens (including phenoxy) is 4. The third-order valence-corrected chi connectivity index (χ3v) is 23.1. The molecule has 1 aromatic heterocycles. The molecule has 0 aliphatic carbocycles. The molecule has 4 atom stereocenters. The van der Waals surface area contributed by atoms with E-state index in [4.69, 9.17) is 48.2 Å². The number of aromatic amines is 1. The minimum atomic E-state index is -0.542. The van der Waals surface area contributed by atoms with Crippen LogP contribution in [0.25, 0.3) is 54.9 Å². The van der Waals surface area contributed by atoms with Crippen LogP contribution < -0.4 is 5.46 Å². The lowest BCUT2D eigenvalue weighted by Crippen LogP contribution is -2.43. The van der Waals surface area contributed by atoms with E-state index in [0.29, 0.717) is 26.2 Å². The van der Waals surface area contributed by atoms with Crippen molar-refractivity contribution in [1.82, 2.24) is 29.6 Å². The van der Waals surface area contributed by atoms with Crippen LogP contribution in [0.15, 0.2) is 202 Å². The Bertz CT molecular complexity index is 5240. The van der Waals surface area contributed by atoms with Crippen LogP contribution in [0, 0.1) is 0 Å². The maximum atomic E-state index is 13.0. The molecule has 17 rings (SSSR count). The molecule has 5 fully saturated rings. The van der Waals surface area contributed by atoms with E-state index in [2.05, 4.69) is 140 Å². The molecule has 0 spiro atoms. The molecule has 19 nitrogen and oxygen atoms in total. The topological polar surface area (TPSA) is 202 Å². The second-order valence-electron chi connectivity index (χ2n) is 33.4. The predicted octanol–water partition coefficient (Wildman–Crippen LogP) is 20.5. The molecule has 116 heavy (non-hydrogen) atoms. The summed E-state index contributed by atoms with van der Waals surface area (Å²) in [5, 5.41) is 4.73. The van der Waals surface area contributed by atoms with Crippen LogP contribution >= 0.6 is 69.9 Å². The van der Waals surface area contributed by atoms with Crippen molar-refractivity contribution in [3.8, 4) is 11.1 Å². The number of carbonyl (C=O) groups excluding carboxylic acids is 4. The first-order chi connectivity index (χ1) is 53.7. The summed E-state index contributed by atoms with van der Waals surface area (Å²) in [4.78, 5) is 81.4. The van der Waals surface area contributed by atoms with Crippen LogP contribution in [0.2, 0.25) is 0 Å². The molecule has 1 N–H and O–H groups in total.